The molecule has 1 atom stereocenters. The molecule has 1 aromatic heterocycles. The van der Waals surface area contributed by atoms with Crippen LogP contribution in [0.5, 0.6) is 0 Å². The highest BCUT2D eigenvalue weighted by Gasteiger charge is 2.11. The van der Waals surface area contributed by atoms with Gasteiger partial charge in [-0.2, -0.15) is 5.10 Å². The van der Waals surface area contributed by atoms with E-state index < -0.39 is 0 Å². The third-order valence-electron chi connectivity index (χ3n) is 2.46. The molecule has 5 heteroatoms. The summed E-state index contributed by atoms with van der Waals surface area (Å²) in [6.45, 7) is 6.23. The van der Waals surface area contributed by atoms with E-state index in [0.717, 1.165) is 0 Å². The standard InChI is InChI=1S/C10H16ClN3O/c1-6(2)7(3)13-8-5-12-14(4)10(15)9(8)11/h5-7,13H,1-4H3. The van der Waals surface area contributed by atoms with Crippen molar-refractivity contribution in [1.29, 1.82) is 0 Å². The fraction of sp³-hybridized carbons (Fsp3) is 0.600. The molecule has 0 aliphatic carbocycles. The minimum atomic E-state index is -0.280. The van der Waals surface area contributed by atoms with Crippen LogP contribution >= 0.6 is 11.6 Å². The van der Waals surface area contributed by atoms with Crippen LogP contribution in [-0.2, 0) is 7.05 Å². The van der Waals surface area contributed by atoms with Crippen molar-refractivity contribution in [3.8, 4) is 0 Å². The van der Waals surface area contributed by atoms with Crippen molar-refractivity contribution in [2.45, 2.75) is 26.8 Å². The Morgan fingerprint density at radius 1 is 1.47 bits per heavy atom. The first-order valence-corrected chi connectivity index (χ1v) is 5.29. The van der Waals surface area contributed by atoms with Gasteiger partial charge in [-0.3, -0.25) is 4.79 Å². The number of nitrogens with one attached hydrogen (secondary N) is 1. The summed E-state index contributed by atoms with van der Waals surface area (Å²) in [4.78, 5) is 11.5. The minimum Gasteiger partial charge on any atom is -0.380 e. The zero-order valence-electron chi connectivity index (χ0n) is 9.41. The van der Waals surface area contributed by atoms with Crippen LogP contribution in [0, 0.1) is 5.92 Å². The van der Waals surface area contributed by atoms with Crippen LogP contribution < -0.4 is 10.9 Å². The lowest BCUT2D eigenvalue weighted by Crippen LogP contribution is -2.26. The van der Waals surface area contributed by atoms with Gasteiger partial charge >= 0.3 is 0 Å². The summed E-state index contributed by atoms with van der Waals surface area (Å²) < 4.78 is 1.22. The Hall–Kier alpha value is -1.03. The summed E-state index contributed by atoms with van der Waals surface area (Å²) in [5, 5.41) is 7.27. The molecule has 1 heterocycles. The molecule has 4 nitrogen and oxygen atoms in total. The van der Waals surface area contributed by atoms with Crippen LogP contribution in [0.3, 0.4) is 0 Å². The Morgan fingerprint density at radius 3 is 2.60 bits per heavy atom. The molecule has 0 fully saturated rings. The SMILES string of the molecule is CC(C)C(C)Nc1cnn(C)c(=O)c1Cl. The van der Waals surface area contributed by atoms with Crippen molar-refractivity contribution in [3.63, 3.8) is 0 Å². The van der Waals surface area contributed by atoms with E-state index in [4.69, 9.17) is 11.6 Å². The molecule has 0 aliphatic heterocycles. The van der Waals surface area contributed by atoms with Gasteiger partial charge in [-0.1, -0.05) is 25.4 Å². The summed E-state index contributed by atoms with van der Waals surface area (Å²) in [5.41, 5.74) is 0.318. The van der Waals surface area contributed by atoms with Gasteiger partial charge in [0.25, 0.3) is 5.56 Å². The van der Waals surface area contributed by atoms with Crippen molar-refractivity contribution in [2.75, 3.05) is 5.32 Å². The summed E-state index contributed by atoms with van der Waals surface area (Å²) in [6, 6.07) is 0.247. The summed E-state index contributed by atoms with van der Waals surface area (Å²) in [7, 11) is 1.57. The molecular formula is C10H16ClN3O. The van der Waals surface area contributed by atoms with Crippen LogP contribution in [0.1, 0.15) is 20.8 Å². The van der Waals surface area contributed by atoms with Gasteiger partial charge in [0, 0.05) is 13.1 Å². The highest BCUT2D eigenvalue weighted by molar-refractivity contribution is 6.32. The molecule has 1 rings (SSSR count). The molecule has 0 spiro atoms. The first kappa shape index (κ1) is 12.0. The lowest BCUT2D eigenvalue weighted by molar-refractivity contribution is 0.559. The average molecular weight is 230 g/mol. The monoisotopic (exact) mass is 229 g/mol. The minimum absolute atomic E-state index is 0.194. The third kappa shape index (κ3) is 2.72. The Kier molecular flexibility index (Phi) is 3.74. The molecular weight excluding hydrogens is 214 g/mol. The summed E-state index contributed by atoms with van der Waals surface area (Å²) >= 11 is 5.91. The number of aromatic nitrogens is 2. The lowest BCUT2D eigenvalue weighted by Gasteiger charge is -2.19. The number of rotatable bonds is 3. The van der Waals surface area contributed by atoms with Crippen molar-refractivity contribution < 1.29 is 0 Å². The van der Waals surface area contributed by atoms with Gasteiger partial charge in [0.1, 0.15) is 5.02 Å². The molecule has 0 saturated heterocycles. The lowest BCUT2D eigenvalue weighted by atomic mass is 10.1. The van der Waals surface area contributed by atoms with Gasteiger partial charge in [-0.25, -0.2) is 4.68 Å². The molecule has 1 N–H and O–H groups in total. The zero-order chi connectivity index (χ0) is 11.6. The number of hydrogen-bond donors (Lipinski definition) is 1. The van der Waals surface area contributed by atoms with Gasteiger partial charge < -0.3 is 5.32 Å². The average Bonchev–Trinajstić information content (AvgIpc) is 2.18. The summed E-state index contributed by atoms with van der Waals surface area (Å²) in [6.07, 6.45) is 1.57. The molecule has 0 amide bonds. The van der Waals surface area contributed by atoms with E-state index in [-0.39, 0.29) is 16.6 Å². The van der Waals surface area contributed by atoms with Crippen LogP contribution in [-0.4, -0.2) is 15.8 Å². The molecule has 0 bridgehead atoms. The first-order chi connectivity index (χ1) is 6.93. The van der Waals surface area contributed by atoms with E-state index in [1.807, 2.05) is 6.92 Å². The largest absolute Gasteiger partial charge is 0.380 e. The highest BCUT2D eigenvalue weighted by atomic mass is 35.5. The van der Waals surface area contributed by atoms with Crippen LogP contribution in [0.2, 0.25) is 5.02 Å². The van der Waals surface area contributed by atoms with Crippen LogP contribution in [0.15, 0.2) is 11.0 Å². The number of aryl methyl sites for hydroxylation is 1. The zero-order valence-corrected chi connectivity index (χ0v) is 10.2. The topological polar surface area (TPSA) is 46.9 Å². The smallest absolute Gasteiger partial charge is 0.287 e. The molecule has 0 aliphatic rings. The Labute approximate surface area is 94.3 Å². The maximum atomic E-state index is 11.5. The maximum Gasteiger partial charge on any atom is 0.287 e. The number of nitrogens with zero attached hydrogens (tertiary/aromatic N) is 2. The van der Waals surface area contributed by atoms with Gasteiger partial charge in [0.05, 0.1) is 11.9 Å². The van der Waals surface area contributed by atoms with E-state index in [2.05, 4.69) is 24.3 Å². The van der Waals surface area contributed by atoms with Crippen LogP contribution in [0.4, 0.5) is 5.69 Å². The molecule has 0 saturated carbocycles. The van der Waals surface area contributed by atoms with Crippen molar-refractivity contribution in [2.24, 2.45) is 13.0 Å². The number of anilines is 1. The van der Waals surface area contributed by atoms with Gasteiger partial charge in [-0.05, 0) is 12.8 Å². The van der Waals surface area contributed by atoms with E-state index in [1.165, 1.54) is 4.68 Å². The van der Waals surface area contributed by atoms with Crippen LogP contribution in [0.25, 0.3) is 0 Å². The normalized spacial score (nSPS) is 12.9. The second-order valence-electron chi connectivity index (χ2n) is 3.98. The molecule has 1 aromatic rings. The maximum absolute atomic E-state index is 11.5. The Balaban J connectivity index is 2.97. The van der Waals surface area contributed by atoms with Crippen molar-refractivity contribution >= 4 is 17.3 Å². The van der Waals surface area contributed by atoms with E-state index in [1.54, 1.807) is 13.2 Å². The Bertz CT molecular complexity index is 400. The second kappa shape index (κ2) is 4.66. The van der Waals surface area contributed by atoms with Gasteiger partial charge in [-0.15, -0.1) is 0 Å². The first-order valence-electron chi connectivity index (χ1n) is 4.91. The molecule has 0 radical (unpaired) electrons. The van der Waals surface area contributed by atoms with E-state index in [9.17, 15) is 4.79 Å². The van der Waals surface area contributed by atoms with Crippen molar-refractivity contribution in [3.05, 3.63) is 21.6 Å². The molecule has 1 unspecified atom stereocenters. The Morgan fingerprint density at radius 2 is 2.07 bits per heavy atom. The van der Waals surface area contributed by atoms with Crippen molar-refractivity contribution in [1.82, 2.24) is 9.78 Å². The van der Waals surface area contributed by atoms with Gasteiger partial charge in [0.15, 0.2) is 0 Å². The fourth-order valence-electron chi connectivity index (χ4n) is 1.02. The van der Waals surface area contributed by atoms with Gasteiger partial charge in [0.2, 0.25) is 0 Å². The number of hydrogen-bond acceptors (Lipinski definition) is 3. The predicted molar refractivity (Wildman–Crippen MR) is 62.4 cm³/mol. The molecule has 15 heavy (non-hydrogen) atoms. The highest BCUT2D eigenvalue weighted by Crippen LogP contribution is 2.17. The molecule has 0 aromatic carbocycles. The summed E-state index contributed by atoms with van der Waals surface area (Å²) in [5.74, 6) is 0.463. The number of halogens is 1. The van der Waals surface area contributed by atoms with E-state index >= 15 is 0 Å². The third-order valence-corrected chi connectivity index (χ3v) is 2.83. The fourth-order valence-corrected chi connectivity index (χ4v) is 1.25. The van der Waals surface area contributed by atoms with E-state index in [0.29, 0.717) is 11.6 Å². The predicted octanol–water partition coefficient (Wildman–Crippen LogP) is 1.89. The second-order valence-corrected chi connectivity index (χ2v) is 4.36. The quantitative estimate of drug-likeness (QED) is 0.861. The molecule has 84 valence electrons.